The number of nitrogens with one attached hydrogen (secondary N) is 3. The van der Waals surface area contributed by atoms with Crippen LogP contribution in [0.4, 0.5) is 0 Å². The molecule has 9 heteroatoms. The Labute approximate surface area is 206 Å². The maximum Gasteiger partial charge on any atom is 0.256 e. The van der Waals surface area contributed by atoms with Gasteiger partial charge in [-0.05, 0) is 67.6 Å². The molecular weight excluding hydrogens is 464 g/mol. The largest absolute Gasteiger partial charge is 0.496 e. The van der Waals surface area contributed by atoms with Gasteiger partial charge in [-0.2, -0.15) is 0 Å². The number of nitrogens with zero attached hydrogens (tertiary/aromatic N) is 1. The van der Waals surface area contributed by atoms with Crippen LogP contribution in [0.5, 0.6) is 5.75 Å². The summed E-state index contributed by atoms with van der Waals surface area (Å²) in [4.78, 5) is 20.6. The number of fused-ring (bicyclic) bond motifs is 1. The first-order valence-corrected chi connectivity index (χ1v) is 13.7. The van der Waals surface area contributed by atoms with Crippen molar-refractivity contribution in [3.05, 3.63) is 57.6 Å². The average Bonchev–Trinajstić information content (AvgIpc) is 3.29. The zero-order chi connectivity index (χ0) is 25.5. The summed E-state index contributed by atoms with van der Waals surface area (Å²) in [5.74, 6) is 0.775. The zero-order valence-electron chi connectivity index (χ0n) is 21.2. The van der Waals surface area contributed by atoms with Gasteiger partial charge in [0.25, 0.3) is 5.56 Å². The van der Waals surface area contributed by atoms with Gasteiger partial charge in [0.1, 0.15) is 5.75 Å². The topological polar surface area (TPSA) is 113 Å². The molecule has 1 saturated heterocycles. The van der Waals surface area contributed by atoms with Gasteiger partial charge in [-0.15, -0.1) is 0 Å². The van der Waals surface area contributed by atoms with E-state index in [1.807, 2.05) is 31.2 Å². The lowest BCUT2D eigenvalue weighted by molar-refractivity contribution is 0.402. The quantitative estimate of drug-likeness (QED) is 0.480. The lowest BCUT2D eigenvalue weighted by Gasteiger charge is -2.27. The summed E-state index contributed by atoms with van der Waals surface area (Å²) in [6, 6.07) is 7.21. The second kappa shape index (κ2) is 9.37. The molecule has 3 heterocycles. The van der Waals surface area contributed by atoms with E-state index in [1.54, 1.807) is 13.3 Å². The van der Waals surface area contributed by atoms with Crippen LogP contribution in [-0.2, 0) is 15.4 Å². The van der Waals surface area contributed by atoms with E-state index in [-0.39, 0.29) is 16.9 Å². The van der Waals surface area contributed by atoms with Crippen molar-refractivity contribution >= 4 is 20.9 Å². The molecule has 4 rings (SSSR count). The minimum absolute atomic E-state index is 0.0974. The Kier molecular flexibility index (Phi) is 6.78. The van der Waals surface area contributed by atoms with Gasteiger partial charge < -0.3 is 15.0 Å². The van der Waals surface area contributed by atoms with Crippen LogP contribution in [0, 0.1) is 12.8 Å². The fraction of sp³-hybridized carbons (Fsp3) is 0.462. The summed E-state index contributed by atoms with van der Waals surface area (Å²) in [7, 11) is -1.83. The number of aromatic nitrogens is 2. The van der Waals surface area contributed by atoms with Crippen molar-refractivity contribution < 1.29 is 13.2 Å². The molecule has 0 amide bonds. The lowest BCUT2D eigenvalue weighted by Crippen LogP contribution is -2.33. The molecule has 1 unspecified atom stereocenters. The number of rotatable bonds is 6. The molecular formula is C26H34N4O4S. The Hall–Kier alpha value is -2.75. The number of benzene rings is 1. The maximum atomic E-state index is 12.9. The number of aryl methyl sites for hydroxylation is 1. The van der Waals surface area contributed by atoms with Crippen LogP contribution in [0.2, 0.25) is 0 Å². The molecule has 0 aliphatic carbocycles. The number of hydrogen-bond donors (Lipinski definition) is 3. The van der Waals surface area contributed by atoms with Crippen LogP contribution in [0.1, 0.15) is 50.1 Å². The zero-order valence-corrected chi connectivity index (χ0v) is 22.0. The molecule has 8 nitrogen and oxygen atoms in total. The van der Waals surface area contributed by atoms with E-state index in [2.05, 4.69) is 35.8 Å². The van der Waals surface area contributed by atoms with Crippen LogP contribution in [0.15, 0.2) is 35.3 Å². The minimum atomic E-state index is -3.45. The predicted octanol–water partition coefficient (Wildman–Crippen LogP) is 3.40. The van der Waals surface area contributed by atoms with Gasteiger partial charge in [0.05, 0.1) is 24.9 Å². The molecule has 2 atom stereocenters. The van der Waals surface area contributed by atoms with E-state index < -0.39 is 16.1 Å². The summed E-state index contributed by atoms with van der Waals surface area (Å²) in [5.41, 5.74) is 3.91. The second-order valence-electron chi connectivity index (χ2n) is 10.4. The summed E-state index contributed by atoms with van der Waals surface area (Å²) in [6.45, 7) is 9.68. The van der Waals surface area contributed by atoms with E-state index in [9.17, 15) is 13.2 Å². The van der Waals surface area contributed by atoms with E-state index in [0.717, 1.165) is 35.2 Å². The van der Waals surface area contributed by atoms with E-state index in [4.69, 9.17) is 9.72 Å². The summed E-state index contributed by atoms with van der Waals surface area (Å²) >= 11 is 0. The molecule has 0 saturated carbocycles. The molecule has 0 spiro atoms. The molecule has 1 fully saturated rings. The maximum absolute atomic E-state index is 12.9. The lowest BCUT2D eigenvalue weighted by atomic mass is 9.82. The Bertz CT molecular complexity index is 1420. The third-order valence-corrected chi connectivity index (χ3v) is 7.25. The van der Waals surface area contributed by atoms with E-state index in [0.29, 0.717) is 28.9 Å². The highest BCUT2D eigenvalue weighted by Crippen LogP contribution is 2.42. The highest BCUT2D eigenvalue weighted by atomic mass is 32.2. The van der Waals surface area contributed by atoms with E-state index >= 15 is 0 Å². The van der Waals surface area contributed by atoms with Crippen molar-refractivity contribution in [2.24, 2.45) is 5.92 Å². The Balaban J connectivity index is 2.02. The van der Waals surface area contributed by atoms with Gasteiger partial charge in [0.15, 0.2) is 0 Å². The molecule has 3 aromatic rings. The fourth-order valence-corrected chi connectivity index (χ4v) is 5.65. The minimum Gasteiger partial charge on any atom is -0.496 e. The first-order valence-electron chi connectivity index (χ1n) is 11.8. The predicted molar refractivity (Wildman–Crippen MR) is 139 cm³/mol. The van der Waals surface area contributed by atoms with Gasteiger partial charge in [-0.25, -0.2) is 13.1 Å². The van der Waals surface area contributed by atoms with E-state index in [1.165, 1.54) is 6.26 Å². The van der Waals surface area contributed by atoms with Crippen molar-refractivity contribution in [3.8, 4) is 16.9 Å². The van der Waals surface area contributed by atoms with Crippen molar-refractivity contribution in [2.75, 3.05) is 26.5 Å². The number of H-pyrrole nitrogens is 1. The molecule has 1 aliphatic rings. The standard InChI is InChI=1S/C26H34N4O4S/c1-15-7-8-18(25(31)29-15)19-12-21(26(2,3)4)24(34-5)20-11-17(14-28-23(19)20)22(30-35(6,32)33)16-9-10-27-13-16/h7-8,11-12,14,16,22,27,30H,9-10,13H2,1-6H3,(H,29,31)/t16?,22-/m0/s1. The number of pyridine rings is 2. The highest BCUT2D eigenvalue weighted by molar-refractivity contribution is 7.88. The van der Waals surface area contributed by atoms with Crippen molar-refractivity contribution in [3.63, 3.8) is 0 Å². The molecule has 2 aromatic heterocycles. The Morgan fingerprint density at radius 1 is 1.20 bits per heavy atom. The van der Waals surface area contributed by atoms with Gasteiger partial charge in [-0.1, -0.05) is 20.8 Å². The van der Waals surface area contributed by atoms with Gasteiger partial charge in [-0.3, -0.25) is 9.78 Å². The third-order valence-electron chi connectivity index (χ3n) is 6.57. The molecule has 1 aliphatic heterocycles. The SMILES string of the molecule is COc1c(C(C)(C)C)cc(-c2ccc(C)[nH]c2=O)c2ncc([C@@H](NS(C)(=O)=O)C3CCNC3)cc12. The van der Waals surface area contributed by atoms with Crippen molar-refractivity contribution in [2.45, 2.75) is 45.6 Å². The first-order chi connectivity index (χ1) is 16.4. The number of methoxy groups -OCH3 is 1. The van der Waals surface area contributed by atoms with Crippen LogP contribution < -0.4 is 20.3 Å². The van der Waals surface area contributed by atoms with Gasteiger partial charge in [0.2, 0.25) is 10.0 Å². The van der Waals surface area contributed by atoms with Crippen LogP contribution in [0.3, 0.4) is 0 Å². The molecule has 1 aromatic carbocycles. The molecule has 188 valence electrons. The Morgan fingerprint density at radius 2 is 1.94 bits per heavy atom. The third kappa shape index (κ3) is 5.27. The van der Waals surface area contributed by atoms with Crippen LogP contribution in [0.25, 0.3) is 22.0 Å². The number of ether oxygens (including phenoxy) is 1. The van der Waals surface area contributed by atoms with Crippen molar-refractivity contribution in [1.29, 1.82) is 0 Å². The summed E-state index contributed by atoms with van der Waals surface area (Å²) in [5, 5.41) is 4.07. The summed E-state index contributed by atoms with van der Waals surface area (Å²) < 4.78 is 33.2. The van der Waals surface area contributed by atoms with Gasteiger partial charge >= 0.3 is 0 Å². The number of aromatic amines is 1. The Morgan fingerprint density at radius 3 is 2.51 bits per heavy atom. The second-order valence-corrected chi connectivity index (χ2v) is 12.2. The number of hydrogen-bond acceptors (Lipinski definition) is 6. The number of sulfonamides is 1. The molecule has 0 bridgehead atoms. The van der Waals surface area contributed by atoms with Crippen molar-refractivity contribution in [1.82, 2.24) is 20.0 Å². The monoisotopic (exact) mass is 498 g/mol. The van der Waals surface area contributed by atoms with Crippen LogP contribution in [-0.4, -0.2) is 44.8 Å². The van der Waals surface area contributed by atoms with Gasteiger partial charge in [0, 0.05) is 34.0 Å². The normalized spacial score (nSPS) is 17.6. The average molecular weight is 499 g/mol. The molecule has 3 N–H and O–H groups in total. The first kappa shape index (κ1) is 25.3. The smallest absolute Gasteiger partial charge is 0.256 e. The summed E-state index contributed by atoms with van der Waals surface area (Å²) in [6.07, 6.45) is 3.75. The molecule has 35 heavy (non-hydrogen) atoms. The fourth-order valence-electron chi connectivity index (χ4n) is 4.86. The highest BCUT2D eigenvalue weighted by Gasteiger charge is 2.31. The van der Waals surface area contributed by atoms with Crippen LogP contribution >= 0.6 is 0 Å². The molecule has 0 radical (unpaired) electrons.